The van der Waals surface area contributed by atoms with Crippen LogP contribution in [0.15, 0.2) is 12.7 Å². The Labute approximate surface area is 126 Å². The van der Waals surface area contributed by atoms with Gasteiger partial charge in [-0.1, -0.05) is 6.58 Å². The van der Waals surface area contributed by atoms with Gasteiger partial charge in [0.25, 0.3) is 0 Å². The maximum atomic E-state index is 12.4. The predicted octanol–water partition coefficient (Wildman–Crippen LogP) is 0.396. The van der Waals surface area contributed by atoms with E-state index in [1.165, 1.54) is 11.9 Å². The van der Waals surface area contributed by atoms with Crippen LogP contribution in [0.4, 0.5) is 0 Å². The molecule has 6 heteroatoms. The van der Waals surface area contributed by atoms with Gasteiger partial charge in [-0.05, 0) is 32.8 Å². The van der Waals surface area contributed by atoms with Crippen molar-refractivity contribution in [1.29, 1.82) is 0 Å². The van der Waals surface area contributed by atoms with Crippen molar-refractivity contribution in [3.05, 3.63) is 12.7 Å². The van der Waals surface area contributed by atoms with E-state index in [0.29, 0.717) is 0 Å². The summed E-state index contributed by atoms with van der Waals surface area (Å²) in [5.41, 5.74) is -0.638. The SMILES string of the molecule is C=CC(=O)N(C)CC(=O)NCC(C)(C)C(=O)N1CCCC1. The normalized spacial score (nSPS) is 14.7. The number of carbonyl (C=O) groups excluding carboxylic acids is 3. The molecule has 1 fully saturated rings. The van der Waals surface area contributed by atoms with Gasteiger partial charge >= 0.3 is 0 Å². The molecule has 118 valence electrons. The highest BCUT2D eigenvalue weighted by Crippen LogP contribution is 2.21. The van der Waals surface area contributed by atoms with Gasteiger partial charge in [-0.2, -0.15) is 0 Å². The lowest BCUT2D eigenvalue weighted by molar-refractivity contribution is -0.139. The maximum absolute atomic E-state index is 12.4. The van der Waals surface area contributed by atoms with Gasteiger partial charge in [-0.25, -0.2) is 0 Å². The van der Waals surface area contributed by atoms with Crippen LogP contribution in [-0.2, 0) is 14.4 Å². The Hall–Kier alpha value is -1.85. The van der Waals surface area contributed by atoms with Crippen molar-refractivity contribution >= 4 is 17.7 Å². The van der Waals surface area contributed by atoms with Crippen LogP contribution < -0.4 is 5.32 Å². The lowest BCUT2D eigenvalue weighted by atomic mass is 9.91. The Morgan fingerprint density at radius 2 is 1.86 bits per heavy atom. The minimum atomic E-state index is -0.638. The van der Waals surface area contributed by atoms with Gasteiger partial charge in [0.15, 0.2) is 0 Å². The summed E-state index contributed by atoms with van der Waals surface area (Å²) in [6.07, 6.45) is 3.25. The first-order chi connectivity index (χ1) is 9.77. The quantitative estimate of drug-likeness (QED) is 0.721. The van der Waals surface area contributed by atoms with E-state index in [1.54, 1.807) is 0 Å². The topological polar surface area (TPSA) is 69.7 Å². The Bertz CT molecular complexity index is 426. The summed E-state index contributed by atoms with van der Waals surface area (Å²) in [6, 6.07) is 0. The molecule has 0 bridgehead atoms. The summed E-state index contributed by atoms with van der Waals surface area (Å²) in [5, 5.41) is 2.72. The molecule has 1 N–H and O–H groups in total. The van der Waals surface area contributed by atoms with E-state index in [9.17, 15) is 14.4 Å². The molecule has 21 heavy (non-hydrogen) atoms. The molecule has 1 rings (SSSR count). The fraction of sp³-hybridized carbons (Fsp3) is 0.667. The molecular formula is C15H25N3O3. The van der Waals surface area contributed by atoms with Crippen molar-refractivity contribution in [2.45, 2.75) is 26.7 Å². The number of carbonyl (C=O) groups is 3. The fourth-order valence-electron chi connectivity index (χ4n) is 2.25. The average Bonchev–Trinajstić information content (AvgIpc) is 2.97. The lowest BCUT2D eigenvalue weighted by Crippen LogP contribution is -2.47. The van der Waals surface area contributed by atoms with Crippen molar-refractivity contribution in [2.75, 3.05) is 33.2 Å². The van der Waals surface area contributed by atoms with Crippen molar-refractivity contribution in [3.63, 3.8) is 0 Å². The number of nitrogens with one attached hydrogen (secondary N) is 1. The van der Waals surface area contributed by atoms with E-state index >= 15 is 0 Å². The molecule has 1 aliphatic heterocycles. The van der Waals surface area contributed by atoms with E-state index in [4.69, 9.17) is 0 Å². The molecule has 0 aliphatic carbocycles. The van der Waals surface area contributed by atoms with E-state index in [2.05, 4.69) is 11.9 Å². The number of amides is 3. The van der Waals surface area contributed by atoms with Crippen molar-refractivity contribution in [1.82, 2.24) is 15.1 Å². The van der Waals surface area contributed by atoms with Gasteiger partial charge in [0.1, 0.15) is 0 Å². The zero-order valence-corrected chi connectivity index (χ0v) is 13.1. The predicted molar refractivity (Wildman–Crippen MR) is 80.4 cm³/mol. The zero-order valence-electron chi connectivity index (χ0n) is 13.1. The monoisotopic (exact) mass is 295 g/mol. The van der Waals surface area contributed by atoms with Crippen molar-refractivity contribution < 1.29 is 14.4 Å². The van der Waals surface area contributed by atoms with E-state index in [-0.39, 0.29) is 30.8 Å². The maximum Gasteiger partial charge on any atom is 0.246 e. The van der Waals surface area contributed by atoms with Gasteiger partial charge in [-0.15, -0.1) is 0 Å². The summed E-state index contributed by atoms with van der Waals surface area (Å²) >= 11 is 0. The third-order valence-corrected chi connectivity index (χ3v) is 3.63. The molecular weight excluding hydrogens is 270 g/mol. The zero-order chi connectivity index (χ0) is 16.0. The van der Waals surface area contributed by atoms with Gasteiger partial charge < -0.3 is 15.1 Å². The number of likely N-dealkylation sites (tertiary alicyclic amines) is 1. The van der Waals surface area contributed by atoms with E-state index in [1.807, 2.05) is 18.7 Å². The molecule has 0 unspecified atom stereocenters. The van der Waals surface area contributed by atoms with Gasteiger partial charge in [-0.3, -0.25) is 14.4 Å². The first kappa shape index (κ1) is 17.2. The summed E-state index contributed by atoms with van der Waals surface area (Å²) in [7, 11) is 1.53. The minimum Gasteiger partial charge on any atom is -0.354 e. The van der Waals surface area contributed by atoms with Crippen LogP contribution in [-0.4, -0.2) is 60.7 Å². The van der Waals surface area contributed by atoms with Crippen LogP contribution in [0.1, 0.15) is 26.7 Å². The highest BCUT2D eigenvalue weighted by atomic mass is 16.2. The summed E-state index contributed by atoms with van der Waals surface area (Å²) in [5.74, 6) is -0.525. The molecule has 0 saturated carbocycles. The standard InChI is InChI=1S/C15H25N3O3/c1-5-13(20)17(4)10-12(19)16-11-15(2,3)14(21)18-8-6-7-9-18/h5H,1,6-11H2,2-4H3,(H,16,19). The van der Waals surface area contributed by atoms with Crippen LogP contribution in [0.3, 0.4) is 0 Å². The van der Waals surface area contributed by atoms with Crippen LogP contribution in [0, 0.1) is 5.41 Å². The Balaban J connectivity index is 2.45. The molecule has 0 spiro atoms. The molecule has 0 radical (unpaired) electrons. The van der Waals surface area contributed by atoms with Gasteiger partial charge in [0.05, 0.1) is 12.0 Å². The first-order valence-electron chi connectivity index (χ1n) is 7.21. The lowest BCUT2D eigenvalue weighted by Gasteiger charge is -2.29. The van der Waals surface area contributed by atoms with Crippen LogP contribution >= 0.6 is 0 Å². The Kier molecular flexibility index (Phi) is 5.93. The third-order valence-electron chi connectivity index (χ3n) is 3.63. The average molecular weight is 295 g/mol. The van der Waals surface area contributed by atoms with Crippen LogP contribution in [0.2, 0.25) is 0 Å². The fourth-order valence-corrected chi connectivity index (χ4v) is 2.25. The molecule has 0 aromatic carbocycles. The number of nitrogens with zero attached hydrogens (tertiary/aromatic N) is 2. The molecule has 1 heterocycles. The van der Waals surface area contributed by atoms with Crippen LogP contribution in [0.25, 0.3) is 0 Å². The second-order valence-electron chi connectivity index (χ2n) is 6.06. The molecule has 1 saturated heterocycles. The van der Waals surface area contributed by atoms with Crippen molar-refractivity contribution in [2.24, 2.45) is 5.41 Å². The number of hydrogen-bond acceptors (Lipinski definition) is 3. The second kappa shape index (κ2) is 7.24. The molecule has 3 amide bonds. The number of likely N-dealkylation sites (N-methyl/N-ethyl adjacent to an activating group) is 1. The Morgan fingerprint density at radius 1 is 1.29 bits per heavy atom. The van der Waals surface area contributed by atoms with E-state index < -0.39 is 5.41 Å². The number of rotatable bonds is 6. The Morgan fingerprint density at radius 3 is 2.38 bits per heavy atom. The second-order valence-corrected chi connectivity index (χ2v) is 6.06. The summed E-state index contributed by atoms with van der Waals surface area (Å²) in [4.78, 5) is 38.6. The molecule has 6 nitrogen and oxygen atoms in total. The third kappa shape index (κ3) is 4.88. The molecule has 0 aromatic rings. The smallest absolute Gasteiger partial charge is 0.246 e. The summed E-state index contributed by atoms with van der Waals surface area (Å²) in [6.45, 7) is 8.84. The van der Waals surface area contributed by atoms with Crippen molar-refractivity contribution in [3.8, 4) is 0 Å². The molecule has 0 atom stereocenters. The van der Waals surface area contributed by atoms with Crippen LogP contribution in [0.5, 0.6) is 0 Å². The van der Waals surface area contributed by atoms with Gasteiger partial charge in [0, 0.05) is 26.7 Å². The highest BCUT2D eigenvalue weighted by molar-refractivity contribution is 5.91. The van der Waals surface area contributed by atoms with E-state index in [0.717, 1.165) is 32.0 Å². The molecule has 1 aliphatic rings. The highest BCUT2D eigenvalue weighted by Gasteiger charge is 2.33. The minimum absolute atomic E-state index is 0.0428. The number of hydrogen-bond donors (Lipinski definition) is 1. The summed E-state index contributed by atoms with van der Waals surface area (Å²) < 4.78 is 0. The molecule has 0 aromatic heterocycles. The first-order valence-corrected chi connectivity index (χ1v) is 7.21. The van der Waals surface area contributed by atoms with Gasteiger partial charge in [0.2, 0.25) is 17.7 Å². The largest absolute Gasteiger partial charge is 0.354 e.